The minimum atomic E-state index is 0.332. The molecule has 0 spiro atoms. The van der Waals surface area contributed by atoms with Crippen molar-refractivity contribution in [2.75, 3.05) is 0 Å². The third-order valence-corrected chi connectivity index (χ3v) is 2.13. The average molecular weight is 209 g/mol. The van der Waals surface area contributed by atoms with E-state index in [0.29, 0.717) is 11.6 Å². The smallest absolute Gasteiger partial charge is 0.152 e. The first-order chi connectivity index (χ1) is 6.79. The summed E-state index contributed by atoms with van der Waals surface area (Å²) in [7, 11) is 0. The molecule has 0 aliphatic carbocycles. The van der Waals surface area contributed by atoms with E-state index in [-0.39, 0.29) is 0 Å². The van der Waals surface area contributed by atoms with Crippen LogP contribution in [0.2, 0.25) is 0 Å². The van der Waals surface area contributed by atoms with Crippen molar-refractivity contribution in [1.82, 2.24) is 10.1 Å². The summed E-state index contributed by atoms with van der Waals surface area (Å²) >= 11 is 5.60. The molecule has 2 rings (SSSR count). The normalized spacial score (nSPS) is 10.4. The molecule has 3 nitrogen and oxygen atoms in total. The van der Waals surface area contributed by atoms with Gasteiger partial charge >= 0.3 is 0 Å². The monoisotopic (exact) mass is 208 g/mol. The number of hydrogen-bond donors (Lipinski definition) is 0. The zero-order valence-corrected chi connectivity index (χ0v) is 8.45. The number of hydrogen-bond acceptors (Lipinski definition) is 3. The van der Waals surface area contributed by atoms with Crippen LogP contribution in [0, 0.1) is 6.92 Å². The molecule has 0 radical (unpaired) electrons. The van der Waals surface area contributed by atoms with Crippen LogP contribution in [0.5, 0.6) is 0 Å². The number of aromatic nitrogens is 2. The predicted octanol–water partition coefficient (Wildman–Crippen LogP) is 2.78. The van der Waals surface area contributed by atoms with E-state index >= 15 is 0 Å². The minimum Gasteiger partial charge on any atom is -0.359 e. The second kappa shape index (κ2) is 3.80. The highest BCUT2D eigenvalue weighted by molar-refractivity contribution is 6.16. The summed E-state index contributed by atoms with van der Waals surface area (Å²) < 4.78 is 4.99. The molecule has 0 aliphatic rings. The number of rotatable bonds is 2. The van der Waals surface area contributed by atoms with E-state index in [9.17, 15) is 0 Å². The van der Waals surface area contributed by atoms with Crippen LogP contribution in [0.1, 0.15) is 11.3 Å². The first kappa shape index (κ1) is 9.21. The van der Waals surface area contributed by atoms with Crippen LogP contribution >= 0.6 is 11.6 Å². The van der Waals surface area contributed by atoms with Gasteiger partial charge in [0.2, 0.25) is 0 Å². The predicted molar refractivity (Wildman–Crippen MR) is 54.0 cm³/mol. The van der Waals surface area contributed by atoms with Crippen LogP contribution in [0.25, 0.3) is 11.4 Å². The summed E-state index contributed by atoms with van der Waals surface area (Å²) in [5, 5.41) is 3.88. The average Bonchev–Trinajstić information content (AvgIpc) is 2.66. The van der Waals surface area contributed by atoms with Gasteiger partial charge in [-0.3, -0.25) is 4.98 Å². The van der Waals surface area contributed by atoms with Crippen LogP contribution in [-0.4, -0.2) is 10.1 Å². The van der Waals surface area contributed by atoms with Crippen LogP contribution in [0.3, 0.4) is 0 Å². The van der Waals surface area contributed by atoms with Crippen molar-refractivity contribution >= 4 is 11.6 Å². The molecule has 0 saturated heterocycles. The first-order valence-electron chi connectivity index (χ1n) is 4.24. The van der Waals surface area contributed by atoms with E-state index < -0.39 is 0 Å². The Labute approximate surface area is 86.7 Å². The molecule has 2 aromatic rings. The zero-order chi connectivity index (χ0) is 9.97. The van der Waals surface area contributed by atoms with Gasteiger partial charge in [0, 0.05) is 12.3 Å². The van der Waals surface area contributed by atoms with Crippen molar-refractivity contribution in [2.45, 2.75) is 12.8 Å². The summed E-state index contributed by atoms with van der Waals surface area (Å²) in [5.74, 6) is 0.990. The summed E-state index contributed by atoms with van der Waals surface area (Å²) in [4.78, 5) is 4.19. The SMILES string of the molecule is Cc1ccnc(-c2cc(CCl)on2)c1. The topological polar surface area (TPSA) is 38.9 Å². The molecule has 0 saturated carbocycles. The Kier molecular flexibility index (Phi) is 2.50. The van der Waals surface area contributed by atoms with Crippen molar-refractivity contribution in [3.05, 3.63) is 35.7 Å². The highest BCUT2D eigenvalue weighted by Gasteiger charge is 2.06. The first-order valence-corrected chi connectivity index (χ1v) is 4.77. The van der Waals surface area contributed by atoms with Gasteiger partial charge in [-0.15, -0.1) is 11.6 Å². The van der Waals surface area contributed by atoms with Gasteiger partial charge in [0.05, 0.1) is 11.6 Å². The van der Waals surface area contributed by atoms with Gasteiger partial charge < -0.3 is 4.52 Å². The molecule has 2 aromatic heterocycles. The Morgan fingerprint density at radius 2 is 2.21 bits per heavy atom. The fourth-order valence-corrected chi connectivity index (χ4v) is 1.30. The van der Waals surface area contributed by atoms with E-state index in [1.165, 1.54) is 0 Å². The zero-order valence-electron chi connectivity index (χ0n) is 7.70. The molecule has 0 atom stereocenters. The Bertz CT molecular complexity index is 439. The second-order valence-corrected chi connectivity index (χ2v) is 3.30. The number of aryl methyl sites for hydroxylation is 1. The number of alkyl halides is 1. The molecular formula is C10H9ClN2O. The van der Waals surface area contributed by atoms with Crippen molar-refractivity contribution in [3.8, 4) is 11.4 Å². The molecule has 4 heteroatoms. The summed E-state index contributed by atoms with van der Waals surface area (Å²) in [6, 6.07) is 5.69. The van der Waals surface area contributed by atoms with Crippen LogP contribution in [0.4, 0.5) is 0 Å². The Balaban J connectivity index is 2.39. The third kappa shape index (κ3) is 1.77. The molecule has 0 unspecified atom stereocenters. The minimum absolute atomic E-state index is 0.332. The molecule has 0 bridgehead atoms. The molecule has 0 aliphatic heterocycles. The molecule has 0 N–H and O–H groups in total. The maximum absolute atomic E-state index is 5.60. The number of halogens is 1. The Hall–Kier alpha value is -1.35. The Morgan fingerprint density at radius 1 is 1.36 bits per heavy atom. The maximum Gasteiger partial charge on any atom is 0.152 e. The van der Waals surface area contributed by atoms with E-state index in [1.54, 1.807) is 12.3 Å². The van der Waals surface area contributed by atoms with Gasteiger partial charge in [-0.2, -0.15) is 0 Å². The molecule has 0 aromatic carbocycles. The van der Waals surface area contributed by atoms with Gasteiger partial charge in [-0.05, 0) is 24.6 Å². The number of pyridine rings is 1. The lowest BCUT2D eigenvalue weighted by atomic mass is 10.2. The van der Waals surface area contributed by atoms with Crippen molar-refractivity contribution in [1.29, 1.82) is 0 Å². The van der Waals surface area contributed by atoms with Gasteiger partial charge in [0.1, 0.15) is 5.69 Å². The molecule has 0 fully saturated rings. The van der Waals surface area contributed by atoms with Crippen LogP contribution in [0.15, 0.2) is 28.9 Å². The van der Waals surface area contributed by atoms with Crippen LogP contribution < -0.4 is 0 Å². The van der Waals surface area contributed by atoms with Gasteiger partial charge in [-0.25, -0.2) is 0 Å². The Morgan fingerprint density at radius 3 is 2.86 bits per heavy atom. The lowest BCUT2D eigenvalue weighted by Gasteiger charge is -1.94. The van der Waals surface area contributed by atoms with Gasteiger partial charge in [-0.1, -0.05) is 5.16 Å². The summed E-state index contributed by atoms with van der Waals surface area (Å²) in [5.41, 5.74) is 2.68. The lowest BCUT2D eigenvalue weighted by Crippen LogP contribution is -1.83. The van der Waals surface area contributed by atoms with E-state index in [0.717, 1.165) is 17.0 Å². The fourth-order valence-electron chi connectivity index (χ4n) is 1.17. The number of nitrogens with zero attached hydrogens (tertiary/aromatic N) is 2. The van der Waals surface area contributed by atoms with Crippen molar-refractivity contribution < 1.29 is 4.52 Å². The summed E-state index contributed by atoms with van der Waals surface area (Å²) in [6.45, 7) is 2.01. The van der Waals surface area contributed by atoms with Crippen molar-refractivity contribution in [2.24, 2.45) is 0 Å². The highest BCUT2D eigenvalue weighted by Crippen LogP contribution is 2.18. The molecule has 0 amide bonds. The standard InChI is InChI=1S/C10H9ClN2O/c1-7-2-3-12-9(4-7)10-5-8(6-11)14-13-10/h2-5H,6H2,1H3. The van der Waals surface area contributed by atoms with E-state index in [4.69, 9.17) is 16.1 Å². The fraction of sp³-hybridized carbons (Fsp3) is 0.200. The van der Waals surface area contributed by atoms with Gasteiger partial charge in [0.25, 0.3) is 0 Å². The molecular weight excluding hydrogens is 200 g/mol. The largest absolute Gasteiger partial charge is 0.359 e. The maximum atomic E-state index is 5.60. The third-order valence-electron chi connectivity index (χ3n) is 1.87. The summed E-state index contributed by atoms with van der Waals surface area (Å²) in [6.07, 6.45) is 1.75. The quantitative estimate of drug-likeness (QED) is 0.713. The van der Waals surface area contributed by atoms with Gasteiger partial charge in [0.15, 0.2) is 5.76 Å². The van der Waals surface area contributed by atoms with Crippen molar-refractivity contribution in [3.63, 3.8) is 0 Å². The highest BCUT2D eigenvalue weighted by atomic mass is 35.5. The van der Waals surface area contributed by atoms with E-state index in [1.807, 2.05) is 19.1 Å². The molecule has 2 heterocycles. The second-order valence-electron chi connectivity index (χ2n) is 3.03. The molecule has 72 valence electrons. The van der Waals surface area contributed by atoms with E-state index in [2.05, 4.69) is 10.1 Å². The van der Waals surface area contributed by atoms with Crippen LogP contribution in [-0.2, 0) is 5.88 Å². The molecule has 14 heavy (non-hydrogen) atoms. The lowest BCUT2D eigenvalue weighted by molar-refractivity contribution is 0.396.